The summed E-state index contributed by atoms with van der Waals surface area (Å²) in [6, 6.07) is 7.25. The predicted molar refractivity (Wildman–Crippen MR) is 77.7 cm³/mol. The van der Waals surface area contributed by atoms with Crippen LogP contribution in [0.5, 0.6) is 0 Å². The quantitative estimate of drug-likeness (QED) is 0.841. The van der Waals surface area contributed by atoms with Crippen molar-refractivity contribution in [3.8, 4) is 0 Å². The van der Waals surface area contributed by atoms with Crippen molar-refractivity contribution >= 4 is 40.5 Å². The molecule has 0 saturated heterocycles. The maximum Gasteiger partial charge on any atom is 0.0724 e. The topological polar surface area (TPSA) is 24.9 Å². The zero-order chi connectivity index (χ0) is 13.1. The van der Waals surface area contributed by atoms with Gasteiger partial charge >= 0.3 is 0 Å². The van der Waals surface area contributed by atoms with Crippen molar-refractivity contribution in [1.29, 1.82) is 0 Å². The van der Waals surface area contributed by atoms with Crippen LogP contribution in [0.1, 0.15) is 18.5 Å². The van der Waals surface area contributed by atoms with Crippen LogP contribution < -0.4 is 5.32 Å². The zero-order valence-electron chi connectivity index (χ0n) is 9.62. The van der Waals surface area contributed by atoms with Crippen molar-refractivity contribution in [2.45, 2.75) is 13.0 Å². The lowest BCUT2D eigenvalue weighted by molar-refractivity contribution is 0.876. The van der Waals surface area contributed by atoms with E-state index in [-0.39, 0.29) is 6.04 Å². The van der Waals surface area contributed by atoms with Crippen molar-refractivity contribution in [3.05, 3.63) is 57.3 Å². The Morgan fingerprint density at radius 1 is 1.17 bits per heavy atom. The standard InChI is InChI=1S/C13H11Cl3N2/c1-8(9-3-2-4-17-7-9)18-13-11(15)5-10(14)6-12(13)16/h2-8,18H,1H3. The van der Waals surface area contributed by atoms with Gasteiger partial charge in [-0.25, -0.2) is 0 Å². The van der Waals surface area contributed by atoms with Crippen molar-refractivity contribution in [2.75, 3.05) is 5.32 Å². The lowest BCUT2D eigenvalue weighted by Gasteiger charge is -2.17. The number of nitrogens with one attached hydrogen (secondary N) is 1. The number of hydrogen-bond acceptors (Lipinski definition) is 2. The second-order valence-electron chi connectivity index (χ2n) is 3.90. The van der Waals surface area contributed by atoms with Crippen LogP contribution in [-0.2, 0) is 0 Å². The number of hydrogen-bond donors (Lipinski definition) is 1. The summed E-state index contributed by atoms with van der Waals surface area (Å²) in [6.45, 7) is 2.01. The number of anilines is 1. The molecule has 1 atom stereocenters. The maximum absolute atomic E-state index is 6.12. The lowest BCUT2D eigenvalue weighted by Crippen LogP contribution is -2.07. The minimum absolute atomic E-state index is 0.0508. The van der Waals surface area contributed by atoms with Gasteiger partial charge in [-0.3, -0.25) is 4.98 Å². The average molecular weight is 302 g/mol. The van der Waals surface area contributed by atoms with Gasteiger partial charge in [-0.2, -0.15) is 0 Å². The summed E-state index contributed by atoms with van der Waals surface area (Å²) in [6.07, 6.45) is 3.54. The van der Waals surface area contributed by atoms with Crippen LogP contribution in [0.15, 0.2) is 36.7 Å². The van der Waals surface area contributed by atoms with Crippen LogP contribution in [0.3, 0.4) is 0 Å². The molecule has 1 N–H and O–H groups in total. The minimum atomic E-state index is 0.0508. The van der Waals surface area contributed by atoms with E-state index in [0.717, 1.165) is 5.56 Å². The fourth-order valence-electron chi connectivity index (χ4n) is 1.61. The molecule has 0 aliphatic heterocycles. The molecule has 0 amide bonds. The summed E-state index contributed by atoms with van der Waals surface area (Å²) in [7, 11) is 0. The van der Waals surface area contributed by atoms with Crippen molar-refractivity contribution < 1.29 is 0 Å². The van der Waals surface area contributed by atoms with E-state index in [4.69, 9.17) is 34.8 Å². The molecule has 0 radical (unpaired) electrons. The summed E-state index contributed by atoms with van der Waals surface area (Å²) >= 11 is 18.1. The third-order valence-electron chi connectivity index (χ3n) is 2.55. The van der Waals surface area contributed by atoms with Gasteiger partial charge < -0.3 is 5.32 Å². The molecular weight excluding hydrogens is 291 g/mol. The molecule has 1 unspecified atom stereocenters. The van der Waals surface area contributed by atoms with E-state index in [1.54, 1.807) is 24.5 Å². The zero-order valence-corrected chi connectivity index (χ0v) is 11.9. The second-order valence-corrected chi connectivity index (χ2v) is 5.15. The third-order valence-corrected chi connectivity index (χ3v) is 3.37. The van der Waals surface area contributed by atoms with Crippen molar-refractivity contribution in [3.63, 3.8) is 0 Å². The summed E-state index contributed by atoms with van der Waals surface area (Å²) in [5.74, 6) is 0. The van der Waals surface area contributed by atoms with E-state index >= 15 is 0 Å². The highest BCUT2D eigenvalue weighted by atomic mass is 35.5. The Balaban J connectivity index is 2.25. The molecule has 2 nitrogen and oxygen atoms in total. The Labute approximate surface area is 121 Å². The van der Waals surface area contributed by atoms with E-state index in [0.29, 0.717) is 20.8 Å². The molecule has 0 aliphatic carbocycles. The first-order chi connectivity index (χ1) is 8.58. The van der Waals surface area contributed by atoms with Gasteiger partial charge in [0.25, 0.3) is 0 Å². The van der Waals surface area contributed by atoms with E-state index in [9.17, 15) is 0 Å². The SMILES string of the molecule is CC(Nc1c(Cl)cc(Cl)cc1Cl)c1cccnc1. The van der Waals surface area contributed by atoms with Gasteiger partial charge in [0.1, 0.15) is 0 Å². The molecule has 94 valence electrons. The third kappa shape index (κ3) is 3.08. The molecule has 0 spiro atoms. The number of benzene rings is 1. The van der Waals surface area contributed by atoms with Gasteiger partial charge in [0.15, 0.2) is 0 Å². The molecule has 5 heteroatoms. The normalized spacial score (nSPS) is 12.2. The number of halogens is 3. The predicted octanol–water partition coefficient (Wildman–Crippen LogP) is 5.21. The summed E-state index contributed by atoms with van der Waals surface area (Å²) in [5.41, 5.74) is 1.73. The van der Waals surface area contributed by atoms with Gasteiger partial charge in [-0.1, -0.05) is 40.9 Å². The highest BCUT2D eigenvalue weighted by Crippen LogP contribution is 2.35. The Morgan fingerprint density at radius 3 is 2.39 bits per heavy atom. The average Bonchev–Trinajstić information content (AvgIpc) is 2.34. The Hall–Kier alpha value is -0.960. The smallest absolute Gasteiger partial charge is 0.0724 e. The first kappa shape index (κ1) is 13.5. The monoisotopic (exact) mass is 300 g/mol. The van der Waals surface area contributed by atoms with Crippen LogP contribution in [0, 0.1) is 0 Å². The van der Waals surface area contributed by atoms with Crippen LogP contribution in [0.25, 0.3) is 0 Å². The molecule has 0 bridgehead atoms. The molecule has 2 aromatic rings. The van der Waals surface area contributed by atoms with Gasteiger partial charge in [0, 0.05) is 17.4 Å². The Bertz CT molecular complexity index is 520. The molecule has 1 aromatic heterocycles. The Kier molecular flexibility index (Phi) is 4.33. The second kappa shape index (κ2) is 5.79. The highest BCUT2D eigenvalue weighted by molar-refractivity contribution is 6.41. The first-order valence-electron chi connectivity index (χ1n) is 5.39. The number of pyridine rings is 1. The number of aromatic nitrogens is 1. The van der Waals surface area contributed by atoms with Crippen LogP contribution >= 0.6 is 34.8 Å². The van der Waals surface area contributed by atoms with E-state index < -0.39 is 0 Å². The van der Waals surface area contributed by atoms with Gasteiger partial charge in [0.05, 0.1) is 21.8 Å². The van der Waals surface area contributed by atoms with Crippen molar-refractivity contribution in [2.24, 2.45) is 0 Å². The van der Waals surface area contributed by atoms with E-state index in [1.807, 2.05) is 19.1 Å². The van der Waals surface area contributed by atoms with Gasteiger partial charge in [-0.15, -0.1) is 0 Å². The van der Waals surface area contributed by atoms with Crippen LogP contribution in [-0.4, -0.2) is 4.98 Å². The van der Waals surface area contributed by atoms with Crippen molar-refractivity contribution in [1.82, 2.24) is 4.98 Å². The molecule has 1 aromatic carbocycles. The number of nitrogens with zero attached hydrogens (tertiary/aromatic N) is 1. The Morgan fingerprint density at radius 2 is 1.83 bits per heavy atom. The number of rotatable bonds is 3. The van der Waals surface area contributed by atoms with Crippen LogP contribution in [0.2, 0.25) is 15.1 Å². The largest absolute Gasteiger partial charge is 0.376 e. The molecule has 2 rings (SSSR count). The molecule has 0 aliphatic rings. The van der Waals surface area contributed by atoms with Gasteiger partial charge in [-0.05, 0) is 30.7 Å². The molecule has 0 fully saturated rings. The molecule has 18 heavy (non-hydrogen) atoms. The molecular formula is C13H11Cl3N2. The fraction of sp³-hybridized carbons (Fsp3) is 0.154. The first-order valence-corrected chi connectivity index (χ1v) is 6.52. The lowest BCUT2D eigenvalue weighted by atomic mass is 10.1. The maximum atomic E-state index is 6.12. The summed E-state index contributed by atoms with van der Waals surface area (Å²) < 4.78 is 0. The van der Waals surface area contributed by atoms with E-state index in [1.165, 1.54) is 0 Å². The minimum Gasteiger partial charge on any atom is -0.376 e. The highest BCUT2D eigenvalue weighted by Gasteiger charge is 2.11. The molecule has 0 saturated carbocycles. The van der Waals surface area contributed by atoms with E-state index in [2.05, 4.69) is 10.3 Å². The molecule has 1 heterocycles. The van der Waals surface area contributed by atoms with Crippen LogP contribution in [0.4, 0.5) is 5.69 Å². The summed E-state index contributed by atoms with van der Waals surface area (Å²) in [4.78, 5) is 4.08. The fourth-order valence-corrected chi connectivity index (χ4v) is 2.54. The van der Waals surface area contributed by atoms with Gasteiger partial charge in [0.2, 0.25) is 0 Å². The summed E-state index contributed by atoms with van der Waals surface area (Å²) in [5, 5.41) is 4.78.